The monoisotopic (exact) mass is 494 g/mol. The zero-order valence-corrected chi connectivity index (χ0v) is 19.0. The number of fused-ring (bicyclic) bond motifs is 1. The Morgan fingerprint density at radius 1 is 1.07 bits per heavy atom. The first-order valence-electron chi connectivity index (χ1n) is 8.10. The molecule has 0 unspecified atom stereocenters. The van der Waals surface area contributed by atoms with Crippen LogP contribution in [-0.4, -0.2) is 30.5 Å². The van der Waals surface area contributed by atoms with Crippen molar-refractivity contribution in [3.63, 3.8) is 0 Å². The number of carbonyl (C=O) groups is 1. The summed E-state index contributed by atoms with van der Waals surface area (Å²) in [5, 5.41) is 11.3. The van der Waals surface area contributed by atoms with Gasteiger partial charge in [-0.25, -0.2) is 4.98 Å². The number of carbonyl (C=O) groups excluding carboxylic acids is 1. The Morgan fingerprint density at radius 2 is 1.87 bits per heavy atom. The SMILES string of the molecule is O=C(Nc1nc(S)c(S)c(S)c1S)c1cc(Oc2cncc(Cl)c2)cn2cnnc12. The highest BCUT2D eigenvalue weighted by atomic mass is 35.5. The lowest BCUT2D eigenvalue weighted by molar-refractivity contribution is 0.102. The predicted octanol–water partition coefficient (Wildman–Crippen LogP) is 4.37. The van der Waals surface area contributed by atoms with E-state index in [0.29, 0.717) is 41.9 Å². The maximum atomic E-state index is 13.0. The van der Waals surface area contributed by atoms with Crippen LogP contribution in [0.3, 0.4) is 0 Å². The van der Waals surface area contributed by atoms with Crippen molar-refractivity contribution in [3.05, 3.63) is 47.6 Å². The normalized spacial score (nSPS) is 11.0. The van der Waals surface area contributed by atoms with Crippen LogP contribution in [0, 0.1) is 0 Å². The highest BCUT2D eigenvalue weighted by Crippen LogP contribution is 2.34. The zero-order valence-electron chi connectivity index (χ0n) is 14.7. The summed E-state index contributed by atoms with van der Waals surface area (Å²) in [5.74, 6) is 0.437. The maximum absolute atomic E-state index is 13.0. The fourth-order valence-corrected chi connectivity index (χ4v) is 3.67. The molecule has 1 amide bonds. The van der Waals surface area contributed by atoms with E-state index in [1.807, 2.05) is 0 Å². The molecule has 0 aliphatic carbocycles. The van der Waals surface area contributed by atoms with E-state index >= 15 is 0 Å². The molecule has 0 spiro atoms. The van der Waals surface area contributed by atoms with Crippen LogP contribution in [-0.2, 0) is 0 Å². The number of hydrogen-bond donors (Lipinski definition) is 5. The molecule has 0 atom stereocenters. The van der Waals surface area contributed by atoms with Crippen molar-refractivity contribution in [3.8, 4) is 11.5 Å². The summed E-state index contributed by atoms with van der Waals surface area (Å²) in [4.78, 5) is 22.4. The number of amides is 1. The van der Waals surface area contributed by atoms with E-state index in [4.69, 9.17) is 16.3 Å². The number of hydrogen-bond acceptors (Lipinski definition) is 10. The van der Waals surface area contributed by atoms with Gasteiger partial charge in [-0.15, -0.1) is 60.7 Å². The first-order chi connectivity index (χ1) is 14.3. The largest absolute Gasteiger partial charge is 0.454 e. The maximum Gasteiger partial charge on any atom is 0.260 e. The van der Waals surface area contributed by atoms with Gasteiger partial charge in [0.1, 0.15) is 28.7 Å². The van der Waals surface area contributed by atoms with Crippen LogP contribution in [0.2, 0.25) is 5.02 Å². The van der Waals surface area contributed by atoms with E-state index in [1.165, 1.54) is 24.8 Å². The molecular weight excluding hydrogens is 484 g/mol. The second-order valence-corrected chi connectivity index (χ2v) is 8.08. The van der Waals surface area contributed by atoms with Crippen molar-refractivity contribution >= 4 is 79.5 Å². The molecular formula is C17H11ClN6O2S4. The molecule has 0 aliphatic rings. The second kappa shape index (κ2) is 8.55. The van der Waals surface area contributed by atoms with Gasteiger partial charge in [-0.1, -0.05) is 11.6 Å². The van der Waals surface area contributed by atoms with Gasteiger partial charge >= 0.3 is 0 Å². The third-order valence-corrected chi connectivity index (χ3v) is 6.24. The van der Waals surface area contributed by atoms with Gasteiger partial charge in [0.25, 0.3) is 5.91 Å². The number of ether oxygens (including phenoxy) is 1. The molecule has 4 rings (SSSR count). The molecule has 0 fully saturated rings. The van der Waals surface area contributed by atoms with Gasteiger partial charge in [-0.2, -0.15) is 0 Å². The molecule has 13 heteroatoms. The molecule has 8 nitrogen and oxygen atoms in total. The standard InChI is InChI=1S/C17H11ClN6O2S4/c18-7-1-8(4-19-3-7)26-9-2-10(15-23-20-6-24(15)5-9)16(25)21-14-12(28)11(27)13(29)17(30)22-14/h1-6,28-29H,(H3,21,22,25,27,30). The molecule has 0 radical (unpaired) electrons. The van der Waals surface area contributed by atoms with Crippen molar-refractivity contribution in [2.45, 2.75) is 19.7 Å². The van der Waals surface area contributed by atoms with Crippen LogP contribution < -0.4 is 10.1 Å². The van der Waals surface area contributed by atoms with Crippen LogP contribution in [0.25, 0.3) is 5.65 Å². The summed E-state index contributed by atoms with van der Waals surface area (Å²) in [6, 6.07) is 3.12. The molecule has 30 heavy (non-hydrogen) atoms. The number of aromatic nitrogens is 5. The summed E-state index contributed by atoms with van der Waals surface area (Å²) in [6.07, 6.45) is 6.06. The molecule has 0 saturated carbocycles. The molecule has 4 heterocycles. The van der Waals surface area contributed by atoms with Crippen LogP contribution in [0.1, 0.15) is 10.4 Å². The Balaban J connectivity index is 1.71. The Bertz CT molecular complexity index is 1300. The average Bonchev–Trinajstić information content (AvgIpc) is 3.18. The fourth-order valence-electron chi connectivity index (χ4n) is 2.52. The summed E-state index contributed by atoms with van der Waals surface area (Å²) in [5.41, 5.74) is 0.527. The lowest BCUT2D eigenvalue weighted by Gasteiger charge is -2.13. The lowest BCUT2D eigenvalue weighted by Crippen LogP contribution is -2.15. The number of thiol groups is 4. The minimum atomic E-state index is -0.502. The first kappa shape index (κ1) is 21.1. The smallest absolute Gasteiger partial charge is 0.260 e. The van der Waals surface area contributed by atoms with E-state index in [-0.39, 0.29) is 11.4 Å². The first-order valence-corrected chi connectivity index (χ1v) is 10.3. The number of pyridine rings is 3. The Kier molecular flexibility index (Phi) is 6.02. The van der Waals surface area contributed by atoms with Crippen molar-refractivity contribution in [2.75, 3.05) is 5.32 Å². The molecule has 152 valence electrons. The van der Waals surface area contributed by atoms with E-state index in [2.05, 4.69) is 76.0 Å². The molecule has 0 bridgehead atoms. The minimum absolute atomic E-state index is 0.180. The number of halogens is 1. The van der Waals surface area contributed by atoms with Crippen molar-refractivity contribution in [1.82, 2.24) is 24.6 Å². The number of rotatable bonds is 4. The summed E-state index contributed by atoms with van der Waals surface area (Å²) in [6.45, 7) is 0. The van der Waals surface area contributed by atoms with Crippen LogP contribution in [0.4, 0.5) is 5.82 Å². The van der Waals surface area contributed by atoms with Gasteiger partial charge in [0.15, 0.2) is 5.65 Å². The predicted molar refractivity (Wildman–Crippen MR) is 124 cm³/mol. The van der Waals surface area contributed by atoms with E-state index in [9.17, 15) is 4.79 Å². The minimum Gasteiger partial charge on any atom is -0.454 e. The van der Waals surface area contributed by atoms with Crippen molar-refractivity contribution < 1.29 is 9.53 Å². The van der Waals surface area contributed by atoms with Crippen molar-refractivity contribution in [1.29, 1.82) is 0 Å². The molecule has 4 aromatic rings. The third-order valence-electron chi connectivity index (χ3n) is 3.86. The van der Waals surface area contributed by atoms with Crippen molar-refractivity contribution in [2.24, 2.45) is 0 Å². The van der Waals surface area contributed by atoms with Crippen LogP contribution in [0.5, 0.6) is 11.5 Å². The Labute approximate surface area is 197 Å². The van der Waals surface area contributed by atoms with Gasteiger partial charge in [-0.05, 0) is 6.07 Å². The van der Waals surface area contributed by atoms with E-state index < -0.39 is 5.91 Å². The van der Waals surface area contributed by atoms with E-state index in [0.717, 1.165) is 0 Å². The molecule has 1 N–H and O–H groups in total. The van der Waals surface area contributed by atoms with Gasteiger partial charge in [0.2, 0.25) is 0 Å². The van der Waals surface area contributed by atoms with E-state index in [1.54, 1.807) is 16.7 Å². The Hall–Kier alpha value is -2.12. The number of anilines is 1. The topological polar surface area (TPSA) is 94.3 Å². The summed E-state index contributed by atoms with van der Waals surface area (Å²) in [7, 11) is 0. The van der Waals surface area contributed by atoms with Gasteiger partial charge < -0.3 is 10.1 Å². The quantitative estimate of drug-likeness (QED) is 0.270. The second-order valence-electron chi connectivity index (χ2n) is 5.88. The molecule has 0 aliphatic heterocycles. The molecule has 0 aromatic carbocycles. The average molecular weight is 495 g/mol. The fraction of sp³-hybridized carbons (Fsp3) is 0. The van der Waals surface area contributed by atoms with Crippen LogP contribution in [0.15, 0.2) is 56.8 Å². The van der Waals surface area contributed by atoms with Crippen LogP contribution >= 0.6 is 62.1 Å². The summed E-state index contributed by atoms with van der Waals surface area (Å²) >= 11 is 23.1. The Morgan fingerprint density at radius 3 is 2.63 bits per heavy atom. The highest BCUT2D eigenvalue weighted by molar-refractivity contribution is 7.86. The molecule has 4 aromatic heterocycles. The van der Waals surface area contributed by atoms with Gasteiger partial charge in [0.05, 0.1) is 32.8 Å². The lowest BCUT2D eigenvalue weighted by atomic mass is 10.2. The van der Waals surface area contributed by atoms with Gasteiger partial charge in [-0.3, -0.25) is 14.2 Å². The number of nitrogens with one attached hydrogen (secondary N) is 1. The van der Waals surface area contributed by atoms with Gasteiger partial charge in [0, 0.05) is 17.2 Å². The zero-order chi connectivity index (χ0) is 21.4. The summed E-state index contributed by atoms with van der Waals surface area (Å²) < 4.78 is 7.34. The highest BCUT2D eigenvalue weighted by Gasteiger charge is 2.19. The number of nitrogens with zero attached hydrogens (tertiary/aromatic N) is 5. The third kappa shape index (κ3) is 4.18. The molecule has 0 saturated heterocycles.